The number of aliphatic hydroxyl groups is 1. The number of esters is 2. The van der Waals surface area contributed by atoms with Gasteiger partial charge in [0, 0.05) is 11.0 Å². The molecule has 1 aliphatic heterocycles. The number of aliphatic hydroxyl groups excluding tert-OH is 1. The molecule has 0 atom stereocenters. The third-order valence-electron chi connectivity index (χ3n) is 3.60. The van der Waals surface area contributed by atoms with E-state index in [1.165, 1.54) is 25.2 Å². The van der Waals surface area contributed by atoms with Crippen molar-refractivity contribution in [2.24, 2.45) is 0 Å². The molecule has 2 N–H and O–H groups in total. The smallest absolute Gasteiger partial charge is 0.337 e. The van der Waals surface area contributed by atoms with Crippen molar-refractivity contribution in [3.05, 3.63) is 39.5 Å². The molecule has 1 aromatic rings. The van der Waals surface area contributed by atoms with Crippen LogP contribution in [0.1, 0.15) is 10.4 Å². The minimum atomic E-state index is -0.642. The Morgan fingerprint density at radius 2 is 1.96 bits per heavy atom. The fourth-order valence-electron chi connectivity index (χ4n) is 2.35. The van der Waals surface area contributed by atoms with Crippen molar-refractivity contribution in [1.82, 2.24) is 4.90 Å². The highest BCUT2D eigenvalue weighted by Crippen LogP contribution is 2.29. The minimum Gasteiger partial charge on any atom is -0.466 e. The highest BCUT2D eigenvalue weighted by molar-refractivity contribution is 9.10. The molecule has 0 aromatic heterocycles. The number of nitrogens with zero attached hydrogens (tertiary/aromatic N) is 1. The van der Waals surface area contributed by atoms with Crippen LogP contribution in [0.3, 0.4) is 0 Å². The van der Waals surface area contributed by atoms with Gasteiger partial charge >= 0.3 is 11.9 Å². The Morgan fingerprint density at radius 3 is 2.56 bits per heavy atom. The third kappa shape index (κ3) is 3.99. The standard InChI is InChI=1S/C16H17BrN2O6/c1-24-15(22)9-3-4-11(17)12(7-9)18-13-10(16(23)25-2)8-19(5-6-20)14(13)21/h3-4,7,18,20H,5-6,8H2,1-2H3. The second kappa shape index (κ2) is 8.13. The summed E-state index contributed by atoms with van der Waals surface area (Å²) in [4.78, 5) is 37.5. The lowest BCUT2D eigenvalue weighted by Gasteiger charge is -2.15. The number of β-amino-alcohol motifs (C(OH)–C–C–N with tert-alkyl or cyclic N) is 1. The zero-order chi connectivity index (χ0) is 18.6. The van der Waals surface area contributed by atoms with E-state index in [-0.39, 0.29) is 36.5 Å². The lowest BCUT2D eigenvalue weighted by atomic mass is 10.2. The largest absolute Gasteiger partial charge is 0.466 e. The van der Waals surface area contributed by atoms with Crippen LogP contribution < -0.4 is 5.32 Å². The van der Waals surface area contributed by atoms with Gasteiger partial charge in [0.1, 0.15) is 5.70 Å². The van der Waals surface area contributed by atoms with Crippen LogP contribution >= 0.6 is 15.9 Å². The lowest BCUT2D eigenvalue weighted by Crippen LogP contribution is -2.31. The molecule has 0 radical (unpaired) electrons. The normalized spacial score (nSPS) is 13.9. The third-order valence-corrected chi connectivity index (χ3v) is 4.29. The van der Waals surface area contributed by atoms with E-state index in [4.69, 9.17) is 9.84 Å². The van der Waals surface area contributed by atoms with Crippen molar-refractivity contribution in [2.45, 2.75) is 0 Å². The maximum absolute atomic E-state index is 12.5. The fraction of sp³-hybridized carbons (Fsp3) is 0.312. The number of halogens is 1. The Labute approximate surface area is 152 Å². The van der Waals surface area contributed by atoms with Crippen LogP contribution in [0.2, 0.25) is 0 Å². The summed E-state index contributed by atoms with van der Waals surface area (Å²) in [5.74, 6) is -1.61. The van der Waals surface area contributed by atoms with Gasteiger partial charge < -0.3 is 24.8 Å². The first-order valence-electron chi connectivity index (χ1n) is 7.29. The maximum Gasteiger partial charge on any atom is 0.337 e. The number of benzene rings is 1. The quantitative estimate of drug-likeness (QED) is 0.668. The van der Waals surface area contributed by atoms with Crippen LogP contribution in [0.15, 0.2) is 33.9 Å². The predicted octanol–water partition coefficient (Wildman–Crippen LogP) is 0.909. The maximum atomic E-state index is 12.5. The molecule has 0 aliphatic carbocycles. The molecule has 9 heteroatoms. The number of ether oxygens (including phenoxy) is 2. The van der Waals surface area contributed by atoms with Gasteiger partial charge in [-0.2, -0.15) is 0 Å². The van der Waals surface area contributed by atoms with E-state index in [0.717, 1.165) is 0 Å². The first kappa shape index (κ1) is 18.9. The summed E-state index contributed by atoms with van der Waals surface area (Å²) >= 11 is 3.33. The summed E-state index contributed by atoms with van der Waals surface area (Å²) < 4.78 is 9.99. The SMILES string of the molecule is COC(=O)C1=C(Nc2cc(C(=O)OC)ccc2Br)C(=O)N(CCO)C1. The average molecular weight is 413 g/mol. The van der Waals surface area contributed by atoms with Gasteiger partial charge in [-0.15, -0.1) is 0 Å². The van der Waals surface area contributed by atoms with E-state index < -0.39 is 17.8 Å². The van der Waals surface area contributed by atoms with Crippen molar-refractivity contribution in [3.8, 4) is 0 Å². The van der Waals surface area contributed by atoms with Gasteiger partial charge in [-0.1, -0.05) is 0 Å². The monoisotopic (exact) mass is 412 g/mol. The van der Waals surface area contributed by atoms with Gasteiger partial charge in [0.15, 0.2) is 0 Å². The second-order valence-corrected chi connectivity index (χ2v) is 5.96. The zero-order valence-electron chi connectivity index (χ0n) is 13.7. The second-order valence-electron chi connectivity index (χ2n) is 5.11. The Bertz CT molecular complexity index is 746. The van der Waals surface area contributed by atoms with Crippen molar-refractivity contribution < 1.29 is 29.0 Å². The van der Waals surface area contributed by atoms with Gasteiger partial charge in [0.05, 0.1) is 44.2 Å². The number of methoxy groups -OCH3 is 2. The van der Waals surface area contributed by atoms with Gasteiger partial charge in [-0.3, -0.25) is 4.79 Å². The van der Waals surface area contributed by atoms with E-state index in [1.807, 2.05) is 0 Å². The molecule has 1 aliphatic rings. The summed E-state index contributed by atoms with van der Waals surface area (Å²) in [6.45, 7) is -0.106. The molecule has 0 saturated carbocycles. The number of anilines is 1. The molecule has 0 bridgehead atoms. The lowest BCUT2D eigenvalue weighted by molar-refractivity contribution is -0.136. The van der Waals surface area contributed by atoms with Crippen molar-refractivity contribution in [1.29, 1.82) is 0 Å². The van der Waals surface area contributed by atoms with Gasteiger partial charge in [-0.25, -0.2) is 9.59 Å². The Kier molecular flexibility index (Phi) is 6.16. The van der Waals surface area contributed by atoms with Gasteiger partial charge in [0.25, 0.3) is 5.91 Å². The topological polar surface area (TPSA) is 105 Å². The summed E-state index contributed by atoms with van der Waals surface area (Å²) in [5.41, 5.74) is 0.893. The first-order chi connectivity index (χ1) is 11.9. The molecule has 0 spiro atoms. The van der Waals surface area contributed by atoms with E-state index in [2.05, 4.69) is 26.0 Å². The van der Waals surface area contributed by atoms with Crippen molar-refractivity contribution >= 4 is 39.5 Å². The molecular weight excluding hydrogens is 396 g/mol. The van der Waals surface area contributed by atoms with Crippen molar-refractivity contribution in [3.63, 3.8) is 0 Å². The number of carbonyl (C=O) groups excluding carboxylic acids is 3. The molecule has 25 heavy (non-hydrogen) atoms. The summed E-state index contributed by atoms with van der Waals surface area (Å²) in [7, 11) is 2.49. The molecule has 0 unspecified atom stereocenters. The van der Waals surface area contributed by atoms with Gasteiger partial charge in [-0.05, 0) is 34.1 Å². The molecule has 134 valence electrons. The summed E-state index contributed by atoms with van der Waals surface area (Å²) in [5, 5.41) is 11.9. The number of amides is 1. The Balaban J connectivity index is 2.39. The number of hydrogen-bond donors (Lipinski definition) is 2. The molecule has 0 fully saturated rings. The number of nitrogens with one attached hydrogen (secondary N) is 1. The van der Waals surface area contributed by atoms with Crippen molar-refractivity contribution in [2.75, 3.05) is 39.2 Å². The van der Waals surface area contributed by atoms with Crippen LogP contribution in [0, 0.1) is 0 Å². The van der Waals surface area contributed by atoms with E-state index >= 15 is 0 Å². The minimum absolute atomic E-state index is 0.0305. The zero-order valence-corrected chi connectivity index (χ0v) is 15.3. The van der Waals surface area contributed by atoms with Crippen LogP contribution in [0.4, 0.5) is 5.69 Å². The highest BCUT2D eigenvalue weighted by atomic mass is 79.9. The highest BCUT2D eigenvalue weighted by Gasteiger charge is 2.34. The van der Waals surface area contributed by atoms with Gasteiger partial charge in [0.2, 0.25) is 0 Å². The van der Waals surface area contributed by atoms with E-state index in [9.17, 15) is 14.4 Å². The van der Waals surface area contributed by atoms with Crippen LogP contribution in [0.25, 0.3) is 0 Å². The Hall–Kier alpha value is -2.39. The fourth-order valence-corrected chi connectivity index (χ4v) is 2.70. The van der Waals surface area contributed by atoms with Crippen LogP contribution in [-0.2, 0) is 19.1 Å². The van der Waals surface area contributed by atoms with Crippen LogP contribution in [0.5, 0.6) is 0 Å². The molecule has 0 saturated heterocycles. The average Bonchev–Trinajstić information content (AvgIpc) is 2.92. The predicted molar refractivity (Wildman–Crippen MR) is 91.8 cm³/mol. The first-order valence-corrected chi connectivity index (χ1v) is 8.08. The van der Waals surface area contributed by atoms with E-state index in [1.54, 1.807) is 12.1 Å². The Morgan fingerprint density at radius 1 is 1.28 bits per heavy atom. The number of hydrogen-bond acceptors (Lipinski definition) is 7. The molecule has 8 nitrogen and oxygen atoms in total. The molecule has 1 amide bonds. The van der Waals surface area contributed by atoms with E-state index in [0.29, 0.717) is 10.2 Å². The summed E-state index contributed by atoms with van der Waals surface area (Å²) in [6.07, 6.45) is 0. The number of carbonyl (C=O) groups is 3. The molecule has 1 aromatic carbocycles. The molecular formula is C16H17BrN2O6. The van der Waals surface area contributed by atoms with Crippen LogP contribution in [-0.4, -0.2) is 61.8 Å². The summed E-state index contributed by atoms with van der Waals surface area (Å²) in [6, 6.07) is 4.68. The number of rotatable bonds is 6. The molecule has 2 rings (SSSR count). The molecule has 1 heterocycles.